The summed E-state index contributed by atoms with van der Waals surface area (Å²) in [6.07, 6.45) is 2.06. The average Bonchev–Trinajstić information content (AvgIpc) is 3.45. The van der Waals surface area contributed by atoms with Gasteiger partial charge in [-0.1, -0.05) is 60.7 Å². The third-order valence-corrected chi connectivity index (χ3v) is 6.73. The Morgan fingerprint density at radius 2 is 1.64 bits per heavy atom. The minimum absolute atomic E-state index is 0.151. The third-order valence-electron chi connectivity index (χ3n) is 6.73. The second kappa shape index (κ2) is 8.89. The van der Waals surface area contributed by atoms with E-state index in [1.165, 1.54) is 0 Å². The summed E-state index contributed by atoms with van der Waals surface area (Å²) in [5, 5.41) is 8.05. The Morgan fingerprint density at radius 1 is 0.889 bits per heavy atom. The largest absolute Gasteiger partial charge is 0.322 e. The second-order valence-electron chi connectivity index (χ2n) is 9.18. The first kappa shape index (κ1) is 21.9. The molecule has 0 radical (unpaired) electrons. The summed E-state index contributed by atoms with van der Waals surface area (Å²) in [5.41, 5.74) is 6.85. The summed E-state index contributed by atoms with van der Waals surface area (Å²) in [6.45, 7) is 4.46. The van der Waals surface area contributed by atoms with Gasteiger partial charge in [0.15, 0.2) is 0 Å². The van der Waals surface area contributed by atoms with Crippen LogP contribution in [-0.2, 0) is 6.54 Å². The van der Waals surface area contributed by atoms with Gasteiger partial charge in [0.25, 0.3) is 0 Å². The molecule has 0 spiro atoms. The van der Waals surface area contributed by atoms with Crippen LogP contribution in [0.15, 0.2) is 103 Å². The van der Waals surface area contributed by atoms with Crippen molar-refractivity contribution in [2.45, 2.75) is 26.4 Å². The molecule has 6 rings (SSSR count). The van der Waals surface area contributed by atoms with Gasteiger partial charge in [0, 0.05) is 17.4 Å². The number of anilines is 1. The first-order chi connectivity index (χ1) is 17.6. The fourth-order valence-electron chi connectivity index (χ4n) is 5.05. The van der Waals surface area contributed by atoms with Gasteiger partial charge >= 0.3 is 6.03 Å². The van der Waals surface area contributed by atoms with E-state index in [0.29, 0.717) is 6.54 Å². The quantitative estimate of drug-likeness (QED) is 0.329. The number of hydrogen-bond donors (Lipinski definition) is 1. The normalized spacial score (nSPS) is 14.6. The van der Waals surface area contributed by atoms with E-state index in [9.17, 15) is 4.79 Å². The van der Waals surface area contributed by atoms with E-state index in [1.54, 1.807) is 0 Å². The number of carbonyl (C=O) groups excluding carboxylic acids is 1. The maximum absolute atomic E-state index is 13.9. The van der Waals surface area contributed by atoms with Gasteiger partial charge in [-0.15, -0.1) is 0 Å². The number of nitrogens with one attached hydrogen (secondary N) is 1. The van der Waals surface area contributed by atoms with Gasteiger partial charge in [-0.05, 0) is 61.4 Å². The van der Waals surface area contributed by atoms with Gasteiger partial charge in [-0.3, -0.25) is 0 Å². The Kier molecular flexibility index (Phi) is 5.41. The Balaban J connectivity index is 1.53. The lowest BCUT2D eigenvalue weighted by molar-refractivity contribution is 0.194. The highest BCUT2D eigenvalue weighted by molar-refractivity contribution is 5.90. The summed E-state index contributed by atoms with van der Waals surface area (Å²) in [4.78, 5) is 15.8. The van der Waals surface area contributed by atoms with Crippen molar-refractivity contribution in [3.8, 4) is 11.5 Å². The molecule has 2 amide bonds. The molecular weight excluding hydrogens is 446 g/mol. The Labute approximate surface area is 210 Å². The number of rotatable bonds is 3. The molecule has 1 aliphatic heterocycles. The van der Waals surface area contributed by atoms with E-state index in [2.05, 4.69) is 46.4 Å². The van der Waals surface area contributed by atoms with Crippen LogP contribution in [0.2, 0.25) is 0 Å². The van der Waals surface area contributed by atoms with Crippen molar-refractivity contribution in [3.05, 3.63) is 131 Å². The third kappa shape index (κ3) is 3.77. The molecule has 0 unspecified atom stereocenters. The number of nitrogens with zero attached hydrogens (tertiary/aromatic N) is 4. The molecule has 0 fully saturated rings. The predicted molar refractivity (Wildman–Crippen MR) is 142 cm³/mol. The van der Waals surface area contributed by atoms with E-state index < -0.39 is 0 Å². The first-order valence-electron chi connectivity index (χ1n) is 12.1. The topological polar surface area (TPSA) is 55.1 Å². The molecule has 1 aliphatic rings. The van der Waals surface area contributed by atoms with Crippen LogP contribution in [0.3, 0.4) is 0 Å². The summed E-state index contributed by atoms with van der Waals surface area (Å²) < 4.78 is 4.16. The molecule has 6 nitrogen and oxygen atoms in total. The zero-order valence-electron chi connectivity index (χ0n) is 20.3. The predicted octanol–water partition coefficient (Wildman–Crippen LogP) is 6.42. The number of carbonyl (C=O) groups is 1. The summed E-state index contributed by atoms with van der Waals surface area (Å²) >= 11 is 0. The molecular formula is C30H27N5O. The van der Waals surface area contributed by atoms with Crippen LogP contribution in [0.4, 0.5) is 10.5 Å². The lowest BCUT2D eigenvalue weighted by Gasteiger charge is -2.31. The van der Waals surface area contributed by atoms with Crippen LogP contribution in [-0.4, -0.2) is 25.3 Å². The zero-order valence-corrected chi connectivity index (χ0v) is 20.3. The van der Waals surface area contributed by atoms with E-state index >= 15 is 0 Å². The molecule has 0 saturated carbocycles. The van der Waals surface area contributed by atoms with E-state index in [0.717, 1.165) is 45.3 Å². The lowest BCUT2D eigenvalue weighted by Crippen LogP contribution is -2.38. The van der Waals surface area contributed by atoms with Crippen molar-refractivity contribution < 1.29 is 4.79 Å². The highest BCUT2D eigenvalue weighted by Crippen LogP contribution is 2.38. The molecule has 0 bridgehead atoms. The second-order valence-corrected chi connectivity index (χ2v) is 9.18. The summed E-state index contributed by atoms with van der Waals surface area (Å²) in [6, 6.07) is 31.9. The van der Waals surface area contributed by atoms with Crippen molar-refractivity contribution in [1.82, 2.24) is 19.2 Å². The van der Waals surface area contributed by atoms with Crippen molar-refractivity contribution in [3.63, 3.8) is 0 Å². The van der Waals surface area contributed by atoms with Crippen LogP contribution in [0, 0.1) is 13.8 Å². The van der Waals surface area contributed by atoms with Crippen LogP contribution >= 0.6 is 0 Å². The molecule has 3 aromatic carbocycles. The molecule has 6 heteroatoms. The maximum atomic E-state index is 13.9. The van der Waals surface area contributed by atoms with Crippen LogP contribution in [0.1, 0.15) is 34.1 Å². The molecule has 3 heterocycles. The van der Waals surface area contributed by atoms with Gasteiger partial charge in [0.1, 0.15) is 5.82 Å². The standard InChI is InChI=1S/C30H27N5O/c1-21-11-9-14-24(19-21)31-30(36)34-20-26-22(2)32-35(25-15-7-4-8-16-25)29(26)33-18-10-17-27(33)28(34)23-12-5-3-6-13-23/h3-19,28H,20H2,1-2H3,(H,31,36)/t28-/m0/s1. The number of aryl methyl sites for hydroxylation is 2. The lowest BCUT2D eigenvalue weighted by atomic mass is 10.0. The van der Waals surface area contributed by atoms with Crippen LogP contribution in [0.25, 0.3) is 11.5 Å². The maximum Gasteiger partial charge on any atom is 0.322 e. The number of urea groups is 1. The van der Waals surface area contributed by atoms with Crippen LogP contribution < -0.4 is 5.32 Å². The SMILES string of the molecule is Cc1cccc(NC(=O)N2Cc3c(C)nn(-c4ccccc4)c3-n3cccc3[C@@H]2c2ccccc2)c1. The average molecular weight is 474 g/mol. The molecule has 36 heavy (non-hydrogen) atoms. The van der Waals surface area contributed by atoms with Gasteiger partial charge in [-0.2, -0.15) is 5.10 Å². The summed E-state index contributed by atoms with van der Waals surface area (Å²) in [7, 11) is 0. The van der Waals surface area contributed by atoms with Gasteiger partial charge in [-0.25, -0.2) is 9.48 Å². The van der Waals surface area contributed by atoms with E-state index in [-0.39, 0.29) is 12.1 Å². The van der Waals surface area contributed by atoms with Crippen LogP contribution in [0.5, 0.6) is 0 Å². The van der Waals surface area contributed by atoms with E-state index in [1.807, 2.05) is 90.2 Å². The monoisotopic (exact) mass is 473 g/mol. The Bertz CT molecular complexity index is 1530. The minimum atomic E-state index is -0.276. The number of benzene rings is 3. The first-order valence-corrected chi connectivity index (χ1v) is 12.1. The molecule has 5 aromatic rings. The van der Waals surface area contributed by atoms with E-state index in [4.69, 9.17) is 5.10 Å². The van der Waals surface area contributed by atoms with Crippen molar-refractivity contribution in [2.24, 2.45) is 0 Å². The molecule has 1 atom stereocenters. The smallest absolute Gasteiger partial charge is 0.308 e. The number of aromatic nitrogens is 3. The van der Waals surface area contributed by atoms with Gasteiger partial charge < -0.3 is 14.8 Å². The zero-order chi connectivity index (χ0) is 24.6. The number of fused-ring (bicyclic) bond motifs is 3. The Morgan fingerprint density at radius 3 is 2.39 bits per heavy atom. The number of amides is 2. The molecule has 0 aliphatic carbocycles. The number of hydrogen-bond acceptors (Lipinski definition) is 2. The van der Waals surface area contributed by atoms with Gasteiger partial charge in [0.05, 0.1) is 29.7 Å². The van der Waals surface area contributed by atoms with Crippen molar-refractivity contribution in [2.75, 3.05) is 5.32 Å². The Hall–Kier alpha value is -4.58. The minimum Gasteiger partial charge on any atom is -0.308 e. The molecule has 0 saturated heterocycles. The molecule has 2 aromatic heterocycles. The fourth-order valence-corrected chi connectivity index (χ4v) is 5.05. The van der Waals surface area contributed by atoms with Crippen molar-refractivity contribution >= 4 is 11.7 Å². The highest BCUT2D eigenvalue weighted by Gasteiger charge is 2.35. The summed E-state index contributed by atoms with van der Waals surface area (Å²) in [5.74, 6) is 0.963. The van der Waals surface area contributed by atoms with Gasteiger partial charge in [0.2, 0.25) is 0 Å². The highest BCUT2D eigenvalue weighted by atomic mass is 16.2. The molecule has 1 N–H and O–H groups in total. The molecule has 178 valence electrons. The fraction of sp³-hybridized carbons (Fsp3) is 0.133. The number of para-hydroxylation sites is 1. The van der Waals surface area contributed by atoms with Crippen molar-refractivity contribution in [1.29, 1.82) is 0 Å².